The van der Waals surface area contributed by atoms with Crippen LogP contribution < -0.4 is 5.32 Å². The number of rotatable bonds is 6. The smallest absolute Gasteiger partial charge is 0.251 e. The summed E-state index contributed by atoms with van der Waals surface area (Å²) in [5.74, 6) is 0.560. The van der Waals surface area contributed by atoms with Crippen molar-refractivity contribution in [3.8, 4) is 5.82 Å². The Morgan fingerprint density at radius 2 is 2.25 bits per heavy atom. The molecule has 0 saturated heterocycles. The Kier molecular flexibility index (Phi) is 5.02. The van der Waals surface area contributed by atoms with Gasteiger partial charge in [0.05, 0.1) is 6.04 Å². The Bertz CT molecular complexity index is 783. The van der Waals surface area contributed by atoms with Gasteiger partial charge in [-0.2, -0.15) is 0 Å². The minimum Gasteiger partial charge on any atom is -0.350 e. The van der Waals surface area contributed by atoms with E-state index in [9.17, 15) is 4.79 Å². The van der Waals surface area contributed by atoms with Gasteiger partial charge in [-0.05, 0) is 37.7 Å². The molecule has 24 heavy (non-hydrogen) atoms. The van der Waals surface area contributed by atoms with Gasteiger partial charge in [0.15, 0.2) is 0 Å². The quantitative estimate of drug-likeness (QED) is 0.748. The van der Waals surface area contributed by atoms with Crippen LogP contribution in [0.3, 0.4) is 0 Å². The van der Waals surface area contributed by atoms with Gasteiger partial charge in [0.2, 0.25) is 0 Å². The van der Waals surface area contributed by atoms with Crippen molar-refractivity contribution in [2.75, 3.05) is 20.6 Å². The number of pyridine rings is 1. The minimum absolute atomic E-state index is 0.109. The van der Waals surface area contributed by atoms with Crippen LogP contribution in [0.25, 0.3) is 5.82 Å². The van der Waals surface area contributed by atoms with Crippen LogP contribution >= 0.6 is 11.3 Å². The van der Waals surface area contributed by atoms with Gasteiger partial charge in [-0.1, -0.05) is 6.07 Å². The number of likely N-dealkylation sites (N-methyl/N-ethyl adjacent to an activating group) is 1. The molecule has 3 rings (SSSR count). The van der Waals surface area contributed by atoms with Crippen LogP contribution in [0.2, 0.25) is 0 Å². The lowest BCUT2D eigenvalue weighted by Crippen LogP contribution is -2.34. The number of thiophene rings is 1. The van der Waals surface area contributed by atoms with Crippen molar-refractivity contribution in [1.82, 2.24) is 24.8 Å². The second kappa shape index (κ2) is 7.37. The number of imidazole rings is 1. The first-order chi connectivity index (χ1) is 11.6. The molecule has 1 unspecified atom stereocenters. The van der Waals surface area contributed by atoms with Gasteiger partial charge < -0.3 is 10.2 Å². The molecular formula is C17H19N5OS. The van der Waals surface area contributed by atoms with Crippen molar-refractivity contribution in [3.05, 3.63) is 65.0 Å². The zero-order valence-electron chi connectivity index (χ0n) is 13.6. The molecule has 3 aromatic rings. The molecule has 0 aromatic carbocycles. The van der Waals surface area contributed by atoms with Crippen molar-refractivity contribution in [2.24, 2.45) is 0 Å². The summed E-state index contributed by atoms with van der Waals surface area (Å²) in [6.45, 7) is 0.551. The van der Waals surface area contributed by atoms with E-state index in [1.165, 1.54) is 4.88 Å². The van der Waals surface area contributed by atoms with E-state index in [-0.39, 0.29) is 11.9 Å². The fourth-order valence-electron chi connectivity index (χ4n) is 2.41. The molecular weight excluding hydrogens is 322 g/mol. The predicted octanol–water partition coefficient (Wildman–Crippen LogP) is 2.36. The molecule has 124 valence electrons. The molecule has 1 atom stereocenters. The molecule has 0 radical (unpaired) electrons. The molecule has 1 N–H and O–H groups in total. The summed E-state index contributed by atoms with van der Waals surface area (Å²) in [5, 5.41) is 5.06. The van der Waals surface area contributed by atoms with Gasteiger partial charge in [-0.3, -0.25) is 9.36 Å². The number of amides is 1. The summed E-state index contributed by atoms with van der Waals surface area (Å²) in [7, 11) is 4.03. The van der Waals surface area contributed by atoms with Crippen molar-refractivity contribution in [3.63, 3.8) is 0 Å². The number of aromatic nitrogens is 3. The Morgan fingerprint density at radius 1 is 1.38 bits per heavy atom. The number of carbonyl (C=O) groups is 1. The minimum atomic E-state index is -0.109. The third kappa shape index (κ3) is 3.69. The highest BCUT2D eigenvalue weighted by molar-refractivity contribution is 7.10. The lowest BCUT2D eigenvalue weighted by molar-refractivity contribution is 0.0942. The van der Waals surface area contributed by atoms with Crippen molar-refractivity contribution in [2.45, 2.75) is 6.04 Å². The molecule has 6 nitrogen and oxygen atoms in total. The molecule has 3 aromatic heterocycles. The van der Waals surface area contributed by atoms with Gasteiger partial charge in [0.1, 0.15) is 12.1 Å². The van der Waals surface area contributed by atoms with Crippen molar-refractivity contribution >= 4 is 17.2 Å². The van der Waals surface area contributed by atoms with E-state index in [4.69, 9.17) is 0 Å². The van der Waals surface area contributed by atoms with Crippen LogP contribution in [0.1, 0.15) is 21.3 Å². The normalized spacial score (nSPS) is 12.3. The first-order valence-electron chi connectivity index (χ1n) is 7.57. The van der Waals surface area contributed by atoms with Crippen molar-refractivity contribution < 1.29 is 4.79 Å². The molecule has 0 aliphatic heterocycles. The highest BCUT2D eigenvalue weighted by Gasteiger charge is 2.17. The van der Waals surface area contributed by atoms with E-state index in [1.54, 1.807) is 53.0 Å². The van der Waals surface area contributed by atoms with Crippen LogP contribution in [0, 0.1) is 0 Å². The third-order valence-corrected chi connectivity index (χ3v) is 4.70. The second-order valence-corrected chi connectivity index (χ2v) is 6.56. The molecule has 0 bridgehead atoms. The average Bonchev–Trinajstić information content (AvgIpc) is 3.28. The van der Waals surface area contributed by atoms with Crippen LogP contribution in [0.5, 0.6) is 0 Å². The zero-order chi connectivity index (χ0) is 16.9. The molecule has 7 heteroatoms. The van der Waals surface area contributed by atoms with Crippen molar-refractivity contribution in [1.29, 1.82) is 0 Å². The largest absolute Gasteiger partial charge is 0.350 e. The number of nitrogens with one attached hydrogen (secondary N) is 1. The highest BCUT2D eigenvalue weighted by atomic mass is 32.1. The SMILES string of the molecule is CN(C)C(CNC(=O)c1ccnc(-n2ccnc2)c1)c1cccs1. The fraction of sp³-hybridized carbons (Fsp3) is 0.235. The van der Waals surface area contributed by atoms with E-state index in [0.717, 1.165) is 0 Å². The zero-order valence-corrected chi connectivity index (χ0v) is 14.4. The molecule has 0 saturated carbocycles. The number of hydrogen-bond acceptors (Lipinski definition) is 5. The Balaban J connectivity index is 1.70. The lowest BCUT2D eigenvalue weighted by Gasteiger charge is -2.23. The monoisotopic (exact) mass is 341 g/mol. The van der Waals surface area contributed by atoms with Gasteiger partial charge in [-0.25, -0.2) is 9.97 Å². The second-order valence-electron chi connectivity index (χ2n) is 5.58. The number of nitrogens with zero attached hydrogens (tertiary/aromatic N) is 4. The maximum Gasteiger partial charge on any atom is 0.251 e. The molecule has 0 aliphatic rings. The summed E-state index contributed by atoms with van der Waals surface area (Å²) in [6, 6.07) is 7.74. The summed E-state index contributed by atoms with van der Waals surface area (Å²) in [4.78, 5) is 24.1. The van der Waals surface area contributed by atoms with Crippen LogP contribution in [0.15, 0.2) is 54.6 Å². The molecule has 0 spiro atoms. The lowest BCUT2D eigenvalue weighted by atomic mass is 10.2. The van der Waals surface area contributed by atoms with E-state index in [1.807, 2.05) is 25.5 Å². The number of carbonyl (C=O) groups excluding carboxylic acids is 1. The van der Waals surface area contributed by atoms with E-state index >= 15 is 0 Å². The fourth-order valence-corrected chi connectivity index (χ4v) is 3.33. The van der Waals surface area contributed by atoms with E-state index in [2.05, 4.69) is 26.3 Å². The molecule has 0 aliphatic carbocycles. The number of hydrogen-bond donors (Lipinski definition) is 1. The predicted molar refractivity (Wildman–Crippen MR) is 94.4 cm³/mol. The molecule has 3 heterocycles. The highest BCUT2D eigenvalue weighted by Crippen LogP contribution is 2.22. The Hall–Kier alpha value is -2.51. The summed E-state index contributed by atoms with van der Waals surface area (Å²) in [5.41, 5.74) is 0.581. The van der Waals surface area contributed by atoms with Crippen LogP contribution in [0.4, 0.5) is 0 Å². The first kappa shape index (κ1) is 16.4. The van der Waals surface area contributed by atoms with Gasteiger partial charge in [0.25, 0.3) is 5.91 Å². The summed E-state index contributed by atoms with van der Waals surface area (Å²) in [6.07, 6.45) is 6.76. The molecule has 0 fully saturated rings. The standard InChI is InChI=1S/C17H19N5OS/c1-21(2)14(15-4-3-9-24-15)11-20-17(23)13-5-6-19-16(10-13)22-8-7-18-12-22/h3-10,12,14H,11H2,1-2H3,(H,20,23). The summed E-state index contributed by atoms with van der Waals surface area (Å²) < 4.78 is 1.77. The van der Waals surface area contributed by atoms with E-state index < -0.39 is 0 Å². The first-order valence-corrected chi connectivity index (χ1v) is 8.45. The average molecular weight is 341 g/mol. The third-order valence-electron chi connectivity index (χ3n) is 3.73. The maximum atomic E-state index is 12.5. The maximum absolute atomic E-state index is 12.5. The van der Waals surface area contributed by atoms with Gasteiger partial charge >= 0.3 is 0 Å². The van der Waals surface area contributed by atoms with Gasteiger partial charge in [-0.15, -0.1) is 11.3 Å². The van der Waals surface area contributed by atoms with Crippen LogP contribution in [-0.4, -0.2) is 46.0 Å². The topological polar surface area (TPSA) is 63.1 Å². The summed E-state index contributed by atoms with van der Waals surface area (Å²) >= 11 is 1.69. The van der Waals surface area contributed by atoms with Crippen LogP contribution in [-0.2, 0) is 0 Å². The van der Waals surface area contributed by atoms with E-state index in [0.29, 0.717) is 17.9 Å². The Morgan fingerprint density at radius 3 is 2.92 bits per heavy atom. The van der Waals surface area contributed by atoms with Gasteiger partial charge in [0, 0.05) is 35.6 Å². The molecule has 1 amide bonds. The Labute approximate surface area is 144 Å².